The van der Waals surface area contributed by atoms with Gasteiger partial charge in [0.1, 0.15) is 17.4 Å². The molecule has 0 spiro atoms. The van der Waals surface area contributed by atoms with Crippen LogP contribution in [-0.2, 0) is 11.3 Å². The van der Waals surface area contributed by atoms with E-state index in [1.807, 2.05) is 27.8 Å². The second-order valence-electron chi connectivity index (χ2n) is 7.76. The summed E-state index contributed by atoms with van der Waals surface area (Å²) in [5.74, 6) is -0.189. The number of hydrogen-bond donors (Lipinski definition) is 2. The first-order chi connectivity index (χ1) is 13.7. The van der Waals surface area contributed by atoms with E-state index in [1.165, 1.54) is 12.1 Å². The Labute approximate surface area is 175 Å². The number of halogens is 1. The predicted octanol–water partition coefficient (Wildman–Crippen LogP) is 2.90. The molecular weight excluding hydrogens is 387 g/mol. The largest absolute Gasteiger partial charge is 0.349 e. The van der Waals surface area contributed by atoms with Crippen LogP contribution in [0.25, 0.3) is 16.9 Å². The van der Waals surface area contributed by atoms with Crippen molar-refractivity contribution in [3.8, 4) is 16.9 Å². The fraction of sp³-hybridized carbons (Fsp3) is 0.364. The van der Waals surface area contributed by atoms with Crippen molar-refractivity contribution in [3.05, 3.63) is 57.9 Å². The van der Waals surface area contributed by atoms with Gasteiger partial charge in [0, 0.05) is 34.1 Å². The molecule has 7 heteroatoms. The topological polar surface area (TPSA) is 51.4 Å². The maximum atomic E-state index is 13.3. The van der Waals surface area contributed by atoms with E-state index in [4.69, 9.17) is 4.98 Å². The van der Waals surface area contributed by atoms with Crippen molar-refractivity contribution in [2.45, 2.75) is 40.3 Å². The molecule has 1 unspecified atom stereocenters. The molecule has 0 bridgehead atoms. The summed E-state index contributed by atoms with van der Waals surface area (Å²) in [4.78, 5) is 17.8. The van der Waals surface area contributed by atoms with Gasteiger partial charge in [0.05, 0.1) is 12.7 Å². The smallest absolute Gasteiger partial charge is 0.275 e. The number of carbonyl (C=O) groups is 1. The normalized spacial score (nSPS) is 12.4. The summed E-state index contributed by atoms with van der Waals surface area (Å²) in [6, 6.07) is 8.78. The minimum atomic E-state index is -0.241. The van der Waals surface area contributed by atoms with Crippen molar-refractivity contribution in [3.63, 3.8) is 0 Å². The van der Waals surface area contributed by atoms with Crippen molar-refractivity contribution in [2.75, 3.05) is 13.6 Å². The average molecular weight is 416 g/mol. The van der Waals surface area contributed by atoms with Crippen LogP contribution in [0.3, 0.4) is 0 Å². The van der Waals surface area contributed by atoms with Crippen molar-refractivity contribution in [2.24, 2.45) is 0 Å². The Morgan fingerprint density at radius 2 is 1.97 bits per heavy atom. The zero-order valence-electron chi connectivity index (χ0n) is 17.5. The predicted molar refractivity (Wildman–Crippen MR) is 115 cm³/mol. The number of amides is 1. The molecule has 2 N–H and O–H groups in total. The third-order valence-corrected chi connectivity index (χ3v) is 5.56. The van der Waals surface area contributed by atoms with E-state index in [9.17, 15) is 9.18 Å². The Hall–Kier alpha value is -2.51. The van der Waals surface area contributed by atoms with Gasteiger partial charge in [-0.3, -0.25) is 4.79 Å². The first-order valence-electron chi connectivity index (χ1n) is 9.75. The minimum Gasteiger partial charge on any atom is -0.349 e. The van der Waals surface area contributed by atoms with E-state index in [-0.39, 0.29) is 17.8 Å². The van der Waals surface area contributed by atoms with Crippen LogP contribution in [0.4, 0.5) is 4.39 Å². The molecule has 1 aromatic carbocycles. The highest BCUT2D eigenvalue weighted by atomic mass is 32.1. The van der Waals surface area contributed by atoms with Crippen LogP contribution in [0.5, 0.6) is 0 Å². The quantitative estimate of drug-likeness (QED) is 0.624. The number of carbonyl (C=O) groups excluding carboxylic acids is 1. The fourth-order valence-corrected chi connectivity index (χ4v) is 4.40. The molecule has 0 aliphatic rings. The SMILES string of the molecule is Cc1cc(-c2csc(C[NH+](C)CC(=O)NC(C)C)n2)c(C)n1-c1ccc(F)cc1. The van der Waals surface area contributed by atoms with E-state index in [2.05, 4.69) is 28.3 Å². The molecule has 5 nitrogen and oxygen atoms in total. The summed E-state index contributed by atoms with van der Waals surface area (Å²) in [6.45, 7) is 9.14. The summed E-state index contributed by atoms with van der Waals surface area (Å²) in [7, 11) is 2.00. The highest BCUT2D eigenvalue weighted by Crippen LogP contribution is 2.30. The molecule has 0 aliphatic heterocycles. The van der Waals surface area contributed by atoms with Gasteiger partial charge in [-0.1, -0.05) is 0 Å². The van der Waals surface area contributed by atoms with Crippen molar-refractivity contribution in [1.29, 1.82) is 0 Å². The van der Waals surface area contributed by atoms with E-state index in [0.717, 1.165) is 38.2 Å². The molecule has 0 saturated heterocycles. The van der Waals surface area contributed by atoms with Crippen molar-refractivity contribution in [1.82, 2.24) is 14.9 Å². The summed E-state index contributed by atoms with van der Waals surface area (Å²) in [6.07, 6.45) is 0. The maximum Gasteiger partial charge on any atom is 0.275 e. The van der Waals surface area contributed by atoms with Gasteiger partial charge in [-0.05, 0) is 58.0 Å². The lowest BCUT2D eigenvalue weighted by Crippen LogP contribution is -3.09. The number of quaternary nitrogens is 1. The second-order valence-corrected chi connectivity index (χ2v) is 8.70. The molecule has 0 fully saturated rings. The molecule has 29 heavy (non-hydrogen) atoms. The Bertz CT molecular complexity index is 991. The molecule has 1 atom stereocenters. The molecule has 154 valence electrons. The third kappa shape index (κ3) is 5.10. The van der Waals surface area contributed by atoms with Gasteiger partial charge in [-0.15, -0.1) is 11.3 Å². The molecule has 1 amide bonds. The van der Waals surface area contributed by atoms with E-state index in [1.54, 1.807) is 23.5 Å². The Kier molecular flexibility index (Phi) is 6.49. The zero-order chi connectivity index (χ0) is 21.1. The van der Waals surface area contributed by atoms with Crippen LogP contribution in [0, 0.1) is 19.7 Å². The molecule has 3 rings (SSSR count). The number of hydrogen-bond acceptors (Lipinski definition) is 3. The van der Waals surface area contributed by atoms with Gasteiger partial charge >= 0.3 is 0 Å². The summed E-state index contributed by atoms with van der Waals surface area (Å²) in [5, 5.41) is 5.99. The second kappa shape index (κ2) is 8.88. The number of nitrogens with zero attached hydrogens (tertiary/aromatic N) is 2. The molecule has 0 aliphatic carbocycles. The molecular formula is C22H28FN4OS+. The van der Waals surface area contributed by atoms with Crippen LogP contribution in [0.2, 0.25) is 0 Å². The first-order valence-corrected chi connectivity index (χ1v) is 10.6. The zero-order valence-corrected chi connectivity index (χ0v) is 18.4. The summed E-state index contributed by atoms with van der Waals surface area (Å²) >= 11 is 1.61. The van der Waals surface area contributed by atoms with Crippen molar-refractivity contribution >= 4 is 17.2 Å². The van der Waals surface area contributed by atoms with Crippen molar-refractivity contribution < 1.29 is 14.1 Å². The highest BCUT2D eigenvalue weighted by molar-refractivity contribution is 7.09. The van der Waals surface area contributed by atoms with Gasteiger partial charge in [-0.25, -0.2) is 9.37 Å². The first kappa shape index (κ1) is 21.2. The van der Waals surface area contributed by atoms with Crippen LogP contribution in [0.1, 0.15) is 30.2 Å². The Balaban J connectivity index is 1.76. The van der Waals surface area contributed by atoms with Crippen LogP contribution < -0.4 is 10.2 Å². The average Bonchev–Trinajstić information content (AvgIpc) is 3.19. The van der Waals surface area contributed by atoms with E-state index < -0.39 is 0 Å². The van der Waals surface area contributed by atoms with Gasteiger partial charge in [0.25, 0.3) is 5.91 Å². The summed E-state index contributed by atoms with van der Waals surface area (Å²) in [5.41, 5.74) is 5.09. The Morgan fingerprint density at radius 3 is 2.62 bits per heavy atom. The third-order valence-electron chi connectivity index (χ3n) is 4.71. The maximum absolute atomic E-state index is 13.3. The number of thiazole rings is 1. The van der Waals surface area contributed by atoms with Gasteiger partial charge in [-0.2, -0.15) is 0 Å². The van der Waals surface area contributed by atoms with Gasteiger partial charge in [0.2, 0.25) is 0 Å². The highest BCUT2D eigenvalue weighted by Gasteiger charge is 2.17. The lowest BCUT2D eigenvalue weighted by molar-refractivity contribution is -0.885. The van der Waals surface area contributed by atoms with Crippen LogP contribution in [-0.4, -0.2) is 35.1 Å². The minimum absolute atomic E-state index is 0.0529. The monoisotopic (exact) mass is 415 g/mol. The number of nitrogens with one attached hydrogen (secondary N) is 2. The Morgan fingerprint density at radius 1 is 1.28 bits per heavy atom. The standard InChI is InChI=1S/C22H27FN4OS/c1-14(2)24-21(28)11-26(5)12-22-25-20(13-29-22)19-10-15(3)27(16(19)4)18-8-6-17(23)7-9-18/h6-10,13-14H,11-12H2,1-5H3,(H,24,28)/p+1. The molecule has 2 heterocycles. The lowest BCUT2D eigenvalue weighted by Gasteiger charge is -2.13. The number of likely N-dealkylation sites (N-methyl/N-ethyl adjacent to an activating group) is 1. The molecule has 3 aromatic rings. The van der Waals surface area contributed by atoms with Gasteiger partial charge in [0.15, 0.2) is 6.54 Å². The van der Waals surface area contributed by atoms with E-state index in [0.29, 0.717) is 13.1 Å². The number of benzene rings is 1. The van der Waals surface area contributed by atoms with Crippen LogP contribution >= 0.6 is 11.3 Å². The molecule has 2 aromatic heterocycles. The summed E-state index contributed by atoms with van der Waals surface area (Å²) < 4.78 is 15.4. The van der Waals surface area contributed by atoms with Gasteiger partial charge < -0.3 is 14.8 Å². The molecule has 0 radical (unpaired) electrons. The number of rotatable bonds is 7. The molecule has 0 saturated carbocycles. The number of aryl methyl sites for hydroxylation is 1. The fourth-order valence-electron chi connectivity index (χ4n) is 3.49. The van der Waals surface area contributed by atoms with Crippen LogP contribution in [0.15, 0.2) is 35.7 Å². The number of aromatic nitrogens is 2. The lowest BCUT2D eigenvalue weighted by atomic mass is 10.2. The van der Waals surface area contributed by atoms with E-state index >= 15 is 0 Å².